The molecule has 0 saturated carbocycles. The molecule has 1 amide bonds. The van der Waals surface area contributed by atoms with Crippen LogP contribution < -0.4 is 10.1 Å². The van der Waals surface area contributed by atoms with Gasteiger partial charge in [0.2, 0.25) is 0 Å². The molecule has 0 atom stereocenters. The molecule has 1 aromatic carbocycles. The van der Waals surface area contributed by atoms with Crippen molar-refractivity contribution < 1.29 is 18.3 Å². The van der Waals surface area contributed by atoms with E-state index in [1.165, 1.54) is 12.1 Å². The van der Waals surface area contributed by atoms with Gasteiger partial charge < -0.3 is 15.0 Å². The topological polar surface area (TPSA) is 54.1 Å². The zero-order chi connectivity index (χ0) is 15.6. The number of alkyl halides is 2. The minimum Gasteiger partial charge on any atom is -0.431 e. The molecule has 0 unspecified atom stereocenters. The molecule has 0 bridgehead atoms. The smallest absolute Gasteiger partial charge is 0.387 e. The molecule has 0 aliphatic carbocycles. The van der Waals surface area contributed by atoms with E-state index in [-0.39, 0.29) is 26.6 Å². The number of carbonyl (C=O) groups excluding carboxylic acids is 1. The summed E-state index contributed by atoms with van der Waals surface area (Å²) in [7, 11) is 0. The first-order valence-corrected chi connectivity index (χ1v) is 7.42. The molecule has 0 fully saturated rings. The lowest BCUT2D eigenvalue weighted by atomic mass is 10.2. The normalized spacial score (nSPS) is 10.8. The van der Waals surface area contributed by atoms with Crippen molar-refractivity contribution >= 4 is 55.1 Å². The fraction of sp³-hybridized carbons (Fsp3) is 0.0833. The number of anilines is 1. The minimum absolute atomic E-state index is 0.0328. The summed E-state index contributed by atoms with van der Waals surface area (Å²) >= 11 is 12.1. The Morgan fingerprint density at radius 3 is 2.62 bits per heavy atom. The average Bonchev–Trinajstić information content (AvgIpc) is 2.80. The second kappa shape index (κ2) is 6.76. The zero-order valence-corrected chi connectivity index (χ0v) is 14.0. The van der Waals surface area contributed by atoms with E-state index < -0.39 is 12.5 Å². The fourth-order valence-corrected chi connectivity index (χ4v) is 2.80. The molecule has 0 aliphatic heterocycles. The summed E-state index contributed by atoms with van der Waals surface area (Å²) in [6.45, 7) is -3.03. The number of aromatic amines is 1. The Balaban J connectivity index is 2.32. The highest BCUT2D eigenvalue weighted by atomic mass is 79.9. The molecule has 1 heterocycles. The van der Waals surface area contributed by atoms with Crippen LogP contribution >= 0.6 is 43.5 Å². The van der Waals surface area contributed by atoms with E-state index >= 15 is 0 Å². The lowest BCUT2D eigenvalue weighted by Gasteiger charge is -2.13. The van der Waals surface area contributed by atoms with Crippen LogP contribution in [0.5, 0.6) is 5.75 Å². The van der Waals surface area contributed by atoms with E-state index in [0.29, 0.717) is 4.47 Å². The number of rotatable bonds is 4. The van der Waals surface area contributed by atoms with Crippen molar-refractivity contribution in [3.05, 3.63) is 44.1 Å². The first-order valence-electron chi connectivity index (χ1n) is 5.46. The van der Waals surface area contributed by atoms with E-state index in [1.54, 1.807) is 12.3 Å². The van der Waals surface area contributed by atoms with E-state index in [2.05, 4.69) is 46.9 Å². The molecule has 0 aliphatic rings. The summed E-state index contributed by atoms with van der Waals surface area (Å²) in [5.41, 5.74) is 0.284. The molecule has 2 rings (SSSR count). The van der Waals surface area contributed by atoms with Crippen LogP contribution in [0.2, 0.25) is 5.02 Å². The van der Waals surface area contributed by atoms with Gasteiger partial charge in [-0.2, -0.15) is 8.78 Å². The third-order valence-corrected chi connectivity index (χ3v) is 3.62. The minimum atomic E-state index is -3.03. The Bertz CT molecular complexity index is 679. The van der Waals surface area contributed by atoms with Gasteiger partial charge in [-0.1, -0.05) is 11.6 Å². The number of carbonyl (C=O) groups is 1. The molecular weight excluding hydrogens is 437 g/mol. The standard InChI is InChI=1S/C12H7Br2ClF2N2O2/c13-5-1-9(18-4-5)11(20)19-8-3-6(15)2-7(14)10(8)21-12(16)17/h1-4,12,18H,(H,19,20). The number of benzene rings is 1. The van der Waals surface area contributed by atoms with Gasteiger partial charge in [0, 0.05) is 15.7 Å². The number of nitrogens with one attached hydrogen (secondary N) is 2. The lowest BCUT2D eigenvalue weighted by molar-refractivity contribution is -0.0498. The van der Waals surface area contributed by atoms with Crippen LogP contribution in [0.25, 0.3) is 0 Å². The lowest BCUT2D eigenvalue weighted by Crippen LogP contribution is -2.14. The van der Waals surface area contributed by atoms with Crippen LogP contribution in [0.15, 0.2) is 33.3 Å². The number of halogens is 5. The molecule has 21 heavy (non-hydrogen) atoms. The predicted molar refractivity (Wildman–Crippen MR) is 82.2 cm³/mol. The van der Waals surface area contributed by atoms with Crippen molar-refractivity contribution in [2.75, 3.05) is 5.32 Å². The number of ether oxygens (including phenoxy) is 1. The van der Waals surface area contributed by atoms with E-state index in [0.717, 1.165) is 0 Å². The number of hydrogen-bond acceptors (Lipinski definition) is 2. The summed E-state index contributed by atoms with van der Waals surface area (Å²) < 4.78 is 30.2. The second-order valence-corrected chi connectivity index (χ2v) is 6.03. The molecule has 0 spiro atoms. The Hall–Kier alpha value is -1.12. The first kappa shape index (κ1) is 16.3. The summed E-state index contributed by atoms with van der Waals surface area (Å²) in [5.74, 6) is -0.720. The Labute approximate surface area is 140 Å². The monoisotopic (exact) mass is 442 g/mol. The van der Waals surface area contributed by atoms with E-state index in [9.17, 15) is 13.6 Å². The van der Waals surface area contributed by atoms with Crippen LogP contribution in [0.1, 0.15) is 10.5 Å². The number of hydrogen-bond donors (Lipinski definition) is 2. The van der Waals surface area contributed by atoms with Gasteiger partial charge in [-0.05, 0) is 50.1 Å². The van der Waals surface area contributed by atoms with Crippen LogP contribution in [0.4, 0.5) is 14.5 Å². The van der Waals surface area contributed by atoms with Crippen LogP contribution in [-0.4, -0.2) is 17.5 Å². The zero-order valence-electron chi connectivity index (χ0n) is 10.1. The number of aromatic nitrogens is 1. The molecule has 0 saturated heterocycles. The quantitative estimate of drug-likeness (QED) is 0.694. The maximum absolute atomic E-state index is 12.4. The Morgan fingerprint density at radius 1 is 1.33 bits per heavy atom. The highest BCUT2D eigenvalue weighted by Gasteiger charge is 2.18. The molecule has 1 aromatic heterocycles. The number of H-pyrrole nitrogens is 1. The van der Waals surface area contributed by atoms with E-state index in [4.69, 9.17) is 11.6 Å². The molecule has 4 nitrogen and oxygen atoms in total. The summed E-state index contributed by atoms with van der Waals surface area (Å²) in [5, 5.41) is 2.72. The van der Waals surface area contributed by atoms with Gasteiger partial charge in [0.15, 0.2) is 5.75 Å². The highest BCUT2D eigenvalue weighted by Crippen LogP contribution is 2.37. The van der Waals surface area contributed by atoms with Gasteiger partial charge in [-0.25, -0.2) is 0 Å². The van der Waals surface area contributed by atoms with Gasteiger partial charge in [-0.3, -0.25) is 4.79 Å². The van der Waals surface area contributed by atoms with Crippen LogP contribution in [-0.2, 0) is 0 Å². The second-order valence-electron chi connectivity index (χ2n) is 3.83. The SMILES string of the molecule is O=C(Nc1cc(Cl)cc(Br)c1OC(F)F)c1cc(Br)c[nH]1. The maximum Gasteiger partial charge on any atom is 0.387 e. The van der Waals surface area contributed by atoms with Gasteiger partial charge >= 0.3 is 6.61 Å². The van der Waals surface area contributed by atoms with Gasteiger partial charge in [0.25, 0.3) is 5.91 Å². The molecule has 2 N–H and O–H groups in total. The van der Waals surface area contributed by atoms with Crippen molar-refractivity contribution in [2.24, 2.45) is 0 Å². The summed E-state index contributed by atoms with van der Waals surface area (Å²) in [6, 6.07) is 4.25. The maximum atomic E-state index is 12.4. The molecule has 112 valence electrons. The average molecular weight is 444 g/mol. The van der Waals surface area contributed by atoms with Crippen LogP contribution in [0.3, 0.4) is 0 Å². The van der Waals surface area contributed by atoms with Crippen molar-refractivity contribution in [1.29, 1.82) is 0 Å². The van der Waals surface area contributed by atoms with Gasteiger partial charge in [-0.15, -0.1) is 0 Å². The Morgan fingerprint density at radius 2 is 2.05 bits per heavy atom. The fourth-order valence-electron chi connectivity index (χ4n) is 1.55. The van der Waals surface area contributed by atoms with Crippen molar-refractivity contribution in [3.63, 3.8) is 0 Å². The van der Waals surface area contributed by atoms with Gasteiger partial charge in [0.05, 0.1) is 10.2 Å². The number of amides is 1. The molecule has 0 radical (unpaired) electrons. The van der Waals surface area contributed by atoms with E-state index in [1.807, 2.05) is 0 Å². The molecule has 9 heteroatoms. The molecule has 2 aromatic rings. The largest absolute Gasteiger partial charge is 0.431 e. The Kier molecular flexibility index (Phi) is 5.23. The first-order chi connectivity index (χ1) is 9.86. The predicted octanol–water partition coefficient (Wildman–Crippen LogP) is 5.05. The van der Waals surface area contributed by atoms with Crippen molar-refractivity contribution in [1.82, 2.24) is 4.98 Å². The third-order valence-electron chi connectivity index (χ3n) is 2.36. The van der Waals surface area contributed by atoms with Crippen molar-refractivity contribution in [2.45, 2.75) is 6.61 Å². The summed E-state index contributed by atoms with van der Waals surface area (Å²) in [4.78, 5) is 14.7. The highest BCUT2D eigenvalue weighted by molar-refractivity contribution is 9.10. The summed E-state index contributed by atoms with van der Waals surface area (Å²) in [6.07, 6.45) is 1.57. The van der Waals surface area contributed by atoms with Gasteiger partial charge in [0.1, 0.15) is 5.69 Å². The van der Waals surface area contributed by atoms with Crippen LogP contribution in [0, 0.1) is 0 Å². The van der Waals surface area contributed by atoms with Crippen molar-refractivity contribution in [3.8, 4) is 5.75 Å². The third kappa shape index (κ3) is 4.18. The molecular formula is C12H7Br2ClF2N2O2.